The van der Waals surface area contributed by atoms with Gasteiger partial charge in [0.1, 0.15) is 5.84 Å². The van der Waals surface area contributed by atoms with Gasteiger partial charge >= 0.3 is 0 Å². The zero-order valence-corrected chi connectivity index (χ0v) is 11.5. The standard InChI is InChI=1S/C12H18BrN3/c1-4-16(8(2)3)10-7-5-6-9(13)11(10)12(14)15/h5-8H,4H2,1-3H3,(H3,14,15). The zero-order chi connectivity index (χ0) is 12.3. The average Bonchev–Trinajstić information content (AvgIpc) is 2.17. The topological polar surface area (TPSA) is 53.1 Å². The molecule has 1 aromatic rings. The van der Waals surface area contributed by atoms with Gasteiger partial charge < -0.3 is 10.6 Å². The summed E-state index contributed by atoms with van der Waals surface area (Å²) < 4.78 is 0.872. The van der Waals surface area contributed by atoms with Crippen LogP contribution in [0.4, 0.5) is 5.69 Å². The van der Waals surface area contributed by atoms with E-state index < -0.39 is 0 Å². The van der Waals surface area contributed by atoms with Crippen molar-refractivity contribution in [3.63, 3.8) is 0 Å². The molecule has 4 heteroatoms. The van der Waals surface area contributed by atoms with Gasteiger partial charge in [0, 0.05) is 22.7 Å². The normalized spacial score (nSPS) is 10.6. The van der Waals surface area contributed by atoms with Gasteiger partial charge in [-0.05, 0) is 48.8 Å². The number of nitrogen functional groups attached to an aromatic ring is 1. The van der Waals surface area contributed by atoms with Crippen molar-refractivity contribution < 1.29 is 0 Å². The molecule has 1 aromatic carbocycles. The Balaban J connectivity index is 3.31. The summed E-state index contributed by atoms with van der Waals surface area (Å²) in [4.78, 5) is 2.22. The quantitative estimate of drug-likeness (QED) is 0.659. The van der Waals surface area contributed by atoms with E-state index in [1.165, 1.54) is 0 Å². The molecule has 0 aliphatic rings. The summed E-state index contributed by atoms with van der Waals surface area (Å²) in [5.41, 5.74) is 7.42. The number of hydrogen-bond donors (Lipinski definition) is 2. The molecule has 0 heterocycles. The maximum Gasteiger partial charge on any atom is 0.126 e. The van der Waals surface area contributed by atoms with Crippen molar-refractivity contribution >= 4 is 27.5 Å². The third-order valence-corrected chi connectivity index (χ3v) is 3.20. The first kappa shape index (κ1) is 13.0. The largest absolute Gasteiger partial charge is 0.384 e. The van der Waals surface area contributed by atoms with Gasteiger partial charge in [0.05, 0.1) is 5.56 Å². The number of anilines is 1. The molecule has 0 fully saturated rings. The van der Waals surface area contributed by atoms with Crippen LogP contribution in [0, 0.1) is 5.41 Å². The van der Waals surface area contributed by atoms with Crippen LogP contribution in [-0.4, -0.2) is 18.4 Å². The molecular weight excluding hydrogens is 266 g/mol. The lowest BCUT2D eigenvalue weighted by Gasteiger charge is -2.29. The van der Waals surface area contributed by atoms with Gasteiger partial charge in [-0.25, -0.2) is 0 Å². The van der Waals surface area contributed by atoms with Crippen molar-refractivity contribution in [2.45, 2.75) is 26.8 Å². The van der Waals surface area contributed by atoms with Crippen LogP contribution in [0.15, 0.2) is 22.7 Å². The molecule has 3 nitrogen and oxygen atoms in total. The summed E-state index contributed by atoms with van der Waals surface area (Å²) in [5.74, 6) is 0.0987. The van der Waals surface area contributed by atoms with Crippen LogP contribution in [0.5, 0.6) is 0 Å². The van der Waals surface area contributed by atoms with Gasteiger partial charge in [-0.1, -0.05) is 6.07 Å². The first-order chi connectivity index (χ1) is 7.49. The summed E-state index contributed by atoms with van der Waals surface area (Å²) in [7, 11) is 0. The van der Waals surface area contributed by atoms with E-state index in [0.29, 0.717) is 6.04 Å². The zero-order valence-electron chi connectivity index (χ0n) is 9.92. The number of halogens is 1. The van der Waals surface area contributed by atoms with Gasteiger partial charge in [0.15, 0.2) is 0 Å². The summed E-state index contributed by atoms with van der Waals surface area (Å²) in [6.45, 7) is 7.27. The van der Waals surface area contributed by atoms with Crippen LogP contribution in [0.25, 0.3) is 0 Å². The number of hydrogen-bond acceptors (Lipinski definition) is 2. The molecule has 0 aromatic heterocycles. The molecule has 0 saturated carbocycles. The second kappa shape index (κ2) is 5.34. The third kappa shape index (κ3) is 2.55. The summed E-state index contributed by atoms with van der Waals surface area (Å²) >= 11 is 3.45. The lowest BCUT2D eigenvalue weighted by Crippen LogP contribution is -2.32. The summed E-state index contributed by atoms with van der Waals surface area (Å²) in [6.07, 6.45) is 0. The number of nitrogens with two attached hydrogens (primary N) is 1. The number of rotatable bonds is 4. The van der Waals surface area contributed by atoms with Crippen LogP contribution in [-0.2, 0) is 0 Å². The monoisotopic (exact) mass is 283 g/mol. The van der Waals surface area contributed by atoms with Crippen molar-refractivity contribution in [2.24, 2.45) is 5.73 Å². The molecular formula is C12H18BrN3. The highest BCUT2D eigenvalue weighted by atomic mass is 79.9. The van der Waals surface area contributed by atoms with Crippen molar-refractivity contribution in [2.75, 3.05) is 11.4 Å². The van der Waals surface area contributed by atoms with Gasteiger partial charge in [-0.2, -0.15) is 0 Å². The fourth-order valence-corrected chi connectivity index (χ4v) is 2.40. The molecule has 0 atom stereocenters. The van der Waals surface area contributed by atoms with Crippen molar-refractivity contribution in [1.82, 2.24) is 0 Å². The fraction of sp³-hybridized carbons (Fsp3) is 0.417. The molecule has 3 N–H and O–H groups in total. The van der Waals surface area contributed by atoms with Gasteiger partial charge in [0.2, 0.25) is 0 Å². The van der Waals surface area contributed by atoms with Gasteiger partial charge in [0.25, 0.3) is 0 Å². The lowest BCUT2D eigenvalue weighted by atomic mass is 10.1. The van der Waals surface area contributed by atoms with Crippen LogP contribution >= 0.6 is 15.9 Å². The molecule has 0 spiro atoms. The van der Waals surface area contributed by atoms with Crippen LogP contribution in [0.2, 0.25) is 0 Å². The molecule has 0 saturated heterocycles. The Kier molecular flexibility index (Phi) is 4.35. The van der Waals surface area contributed by atoms with Crippen molar-refractivity contribution in [3.05, 3.63) is 28.2 Å². The summed E-state index contributed by atoms with van der Waals surface area (Å²) in [6, 6.07) is 6.27. The first-order valence-corrected chi connectivity index (χ1v) is 6.17. The van der Waals surface area contributed by atoms with Crippen LogP contribution in [0.1, 0.15) is 26.3 Å². The third-order valence-electron chi connectivity index (χ3n) is 2.53. The Morgan fingerprint density at radius 3 is 2.56 bits per heavy atom. The first-order valence-electron chi connectivity index (χ1n) is 5.38. The molecule has 0 unspecified atom stereocenters. The second-order valence-electron chi connectivity index (χ2n) is 3.93. The van der Waals surface area contributed by atoms with E-state index in [4.69, 9.17) is 11.1 Å². The highest BCUT2D eigenvalue weighted by molar-refractivity contribution is 9.10. The van der Waals surface area contributed by atoms with E-state index in [2.05, 4.69) is 41.6 Å². The van der Waals surface area contributed by atoms with Crippen LogP contribution < -0.4 is 10.6 Å². The number of nitrogens with one attached hydrogen (secondary N) is 1. The number of benzene rings is 1. The molecule has 88 valence electrons. The van der Waals surface area contributed by atoms with Gasteiger partial charge in [-0.15, -0.1) is 0 Å². The highest BCUT2D eigenvalue weighted by Gasteiger charge is 2.16. The Morgan fingerprint density at radius 2 is 2.12 bits per heavy atom. The summed E-state index contributed by atoms with van der Waals surface area (Å²) in [5, 5.41) is 7.65. The van der Waals surface area contributed by atoms with Crippen LogP contribution in [0.3, 0.4) is 0 Å². The lowest BCUT2D eigenvalue weighted by molar-refractivity contribution is 0.703. The fourth-order valence-electron chi connectivity index (χ4n) is 1.83. The molecule has 0 aliphatic carbocycles. The predicted octanol–water partition coefficient (Wildman–Crippen LogP) is 2.97. The Labute approximate surface area is 105 Å². The predicted molar refractivity (Wildman–Crippen MR) is 73.3 cm³/mol. The van der Waals surface area contributed by atoms with Gasteiger partial charge in [-0.3, -0.25) is 5.41 Å². The Bertz CT molecular complexity index is 388. The Hall–Kier alpha value is -1.03. The number of nitrogens with zero attached hydrogens (tertiary/aromatic N) is 1. The van der Waals surface area contributed by atoms with Crippen molar-refractivity contribution in [3.8, 4) is 0 Å². The molecule has 1 rings (SSSR count). The average molecular weight is 284 g/mol. The molecule has 16 heavy (non-hydrogen) atoms. The van der Waals surface area contributed by atoms with E-state index >= 15 is 0 Å². The van der Waals surface area contributed by atoms with Crippen molar-refractivity contribution in [1.29, 1.82) is 5.41 Å². The highest BCUT2D eigenvalue weighted by Crippen LogP contribution is 2.28. The SMILES string of the molecule is CCN(c1cccc(Br)c1C(=N)N)C(C)C. The van der Waals surface area contributed by atoms with E-state index in [1.807, 2.05) is 18.2 Å². The number of amidine groups is 1. The van der Waals surface area contributed by atoms with E-state index in [-0.39, 0.29) is 5.84 Å². The van der Waals surface area contributed by atoms with E-state index in [9.17, 15) is 0 Å². The Morgan fingerprint density at radius 1 is 1.50 bits per heavy atom. The second-order valence-corrected chi connectivity index (χ2v) is 4.78. The van der Waals surface area contributed by atoms with E-state index in [1.54, 1.807) is 0 Å². The molecule has 0 bridgehead atoms. The minimum absolute atomic E-state index is 0.0987. The molecule has 0 radical (unpaired) electrons. The minimum Gasteiger partial charge on any atom is -0.384 e. The molecule has 0 amide bonds. The maximum absolute atomic E-state index is 7.65. The smallest absolute Gasteiger partial charge is 0.126 e. The maximum atomic E-state index is 7.65. The minimum atomic E-state index is 0.0987. The molecule has 0 aliphatic heterocycles. The van der Waals surface area contributed by atoms with E-state index in [0.717, 1.165) is 22.3 Å².